The molecule has 4 atom stereocenters. The van der Waals surface area contributed by atoms with Gasteiger partial charge in [0.1, 0.15) is 6.04 Å². The first-order valence-corrected chi connectivity index (χ1v) is 15.8. The van der Waals surface area contributed by atoms with E-state index in [-0.39, 0.29) is 18.8 Å². The maximum atomic E-state index is 13.0. The van der Waals surface area contributed by atoms with E-state index < -0.39 is 24.3 Å². The third kappa shape index (κ3) is 9.94. The summed E-state index contributed by atoms with van der Waals surface area (Å²) in [7, 11) is 3.37. The van der Waals surface area contributed by atoms with Gasteiger partial charge in [-0.2, -0.15) is 0 Å². The van der Waals surface area contributed by atoms with Crippen molar-refractivity contribution in [1.29, 1.82) is 0 Å². The van der Waals surface area contributed by atoms with E-state index in [1.54, 1.807) is 6.07 Å². The summed E-state index contributed by atoms with van der Waals surface area (Å²) in [5.41, 5.74) is 5.03. The number of urea groups is 1. The lowest BCUT2D eigenvalue weighted by atomic mass is 9.99. The number of hydrogen-bond acceptors (Lipinski definition) is 8. The van der Waals surface area contributed by atoms with Crippen LogP contribution in [0.15, 0.2) is 103 Å². The number of ether oxygens (including phenoxy) is 3. The molecular weight excluding hydrogens is 596 g/mol. The van der Waals surface area contributed by atoms with Crippen molar-refractivity contribution in [2.75, 3.05) is 32.6 Å². The van der Waals surface area contributed by atoms with Crippen molar-refractivity contribution in [2.45, 2.75) is 50.4 Å². The highest BCUT2D eigenvalue weighted by atomic mass is 16.7. The lowest BCUT2D eigenvalue weighted by Crippen LogP contribution is -2.45. The minimum atomic E-state index is -0.857. The summed E-state index contributed by atoms with van der Waals surface area (Å²) < 4.78 is 18.0. The van der Waals surface area contributed by atoms with Crippen molar-refractivity contribution in [3.63, 3.8) is 0 Å². The van der Waals surface area contributed by atoms with Crippen LogP contribution in [-0.4, -0.2) is 66.4 Å². The number of aliphatic hydroxyl groups is 1. The Bertz CT molecular complexity index is 1570. The first-order chi connectivity index (χ1) is 22.9. The summed E-state index contributed by atoms with van der Waals surface area (Å²) in [6, 6.07) is 29.1. The third-order valence-electron chi connectivity index (χ3n) is 8.10. The second-order valence-corrected chi connectivity index (χ2v) is 11.7. The Morgan fingerprint density at radius 3 is 2.47 bits per heavy atom. The van der Waals surface area contributed by atoms with Gasteiger partial charge in [0.15, 0.2) is 6.29 Å². The number of aliphatic hydroxyl groups excluding tert-OH is 1. The van der Waals surface area contributed by atoms with E-state index >= 15 is 0 Å². The fourth-order valence-electron chi connectivity index (χ4n) is 5.60. The molecular formula is C37H42N4O6. The Morgan fingerprint density at radius 1 is 0.957 bits per heavy atom. The van der Waals surface area contributed by atoms with Crippen LogP contribution in [0.4, 0.5) is 10.5 Å². The molecule has 0 unspecified atom stereocenters. The molecule has 47 heavy (non-hydrogen) atoms. The molecule has 0 spiro atoms. The molecule has 10 heteroatoms. The van der Waals surface area contributed by atoms with Crippen LogP contribution in [0.3, 0.4) is 0 Å². The van der Waals surface area contributed by atoms with Gasteiger partial charge in [-0.05, 0) is 48.0 Å². The van der Waals surface area contributed by atoms with Gasteiger partial charge in [0.2, 0.25) is 0 Å². The summed E-state index contributed by atoms with van der Waals surface area (Å²) in [6.07, 6.45) is 2.52. The average molecular weight is 639 g/mol. The van der Waals surface area contributed by atoms with Crippen LogP contribution in [0.2, 0.25) is 0 Å². The van der Waals surface area contributed by atoms with E-state index in [1.807, 2.05) is 97.2 Å². The zero-order chi connectivity index (χ0) is 33.0. The molecule has 0 aliphatic carbocycles. The number of benzene rings is 3. The Balaban J connectivity index is 1.28. The highest BCUT2D eigenvalue weighted by molar-refractivity contribution is 5.92. The number of hydrogen-bond donors (Lipinski definition) is 3. The quantitative estimate of drug-likeness (QED) is 0.171. The van der Waals surface area contributed by atoms with Gasteiger partial charge in [-0.3, -0.25) is 4.98 Å². The van der Waals surface area contributed by atoms with Gasteiger partial charge < -0.3 is 34.9 Å². The molecule has 2 amide bonds. The maximum Gasteiger partial charge on any atom is 0.328 e. The number of nitrogens with one attached hydrogen (secondary N) is 2. The van der Waals surface area contributed by atoms with Gasteiger partial charge in [0.25, 0.3) is 0 Å². The van der Waals surface area contributed by atoms with Gasteiger partial charge in [-0.15, -0.1) is 0 Å². The number of carbonyl (C=O) groups excluding carboxylic acids is 2. The van der Waals surface area contributed by atoms with Crippen LogP contribution in [0.1, 0.15) is 46.8 Å². The molecule has 3 N–H and O–H groups in total. The smallest absolute Gasteiger partial charge is 0.328 e. The molecule has 3 aromatic carbocycles. The van der Waals surface area contributed by atoms with Gasteiger partial charge in [0.05, 0.1) is 25.9 Å². The van der Waals surface area contributed by atoms with E-state index in [0.29, 0.717) is 25.1 Å². The molecule has 1 saturated heterocycles. The summed E-state index contributed by atoms with van der Waals surface area (Å²) >= 11 is 0. The highest BCUT2D eigenvalue weighted by Crippen LogP contribution is 2.38. The van der Waals surface area contributed by atoms with Crippen molar-refractivity contribution in [1.82, 2.24) is 15.2 Å². The lowest BCUT2D eigenvalue weighted by molar-refractivity contribution is -0.252. The second-order valence-electron chi connectivity index (χ2n) is 11.7. The monoisotopic (exact) mass is 638 g/mol. The van der Waals surface area contributed by atoms with Crippen molar-refractivity contribution >= 4 is 17.7 Å². The maximum absolute atomic E-state index is 13.0. The summed E-state index contributed by atoms with van der Waals surface area (Å²) in [5, 5.41) is 15.1. The summed E-state index contributed by atoms with van der Waals surface area (Å²) in [6.45, 7) is 1.49. The average Bonchev–Trinajstić information content (AvgIpc) is 3.11. The SMILES string of the molecule is COC(=O)[C@H](Cc1ccccc1)NC(=O)Nc1cccc([C@@H]2O[C@H](CN(C)CCc3ccccn3)C[C@H](c3ccc(CO)cc3)O2)c1. The largest absolute Gasteiger partial charge is 0.467 e. The molecule has 4 aromatic rings. The molecule has 1 fully saturated rings. The molecule has 1 aromatic heterocycles. The highest BCUT2D eigenvalue weighted by Gasteiger charge is 2.33. The third-order valence-corrected chi connectivity index (χ3v) is 8.10. The van der Waals surface area contributed by atoms with Crippen molar-refractivity contribution in [2.24, 2.45) is 0 Å². The van der Waals surface area contributed by atoms with Crippen LogP contribution >= 0.6 is 0 Å². The number of methoxy groups -OCH3 is 1. The molecule has 0 saturated carbocycles. The van der Waals surface area contributed by atoms with E-state index in [1.165, 1.54) is 7.11 Å². The summed E-state index contributed by atoms with van der Waals surface area (Å²) in [4.78, 5) is 32.2. The van der Waals surface area contributed by atoms with Gasteiger partial charge in [0, 0.05) is 55.5 Å². The zero-order valence-corrected chi connectivity index (χ0v) is 26.7. The predicted octanol–water partition coefficient (Wildman–Crippen LogP) is 5.20. The number of aromatic nitrogens is 1. The molecule has 10 nitrogen and oxygen atoms in total. The van der Waals surface area contributed by atoms with Crippen LogP contribution in [0.25, 0.3) is 0 Å². The van der Waals surface area contributed by atoms with Crippen LogP contribution in [0.5, 0.6) is 0 Å². The minimum Gasteiger partial charge on any atom is -0.467 e. The molecule has 1 aliphatic rings. The molecule has 0 radical (unpaired) electrons. The predicted molar refractivity (Wildman–Crippen MR) is 178 cm³/mol. The number of rotatable bonds is 13. The fourth-order valence-corrected chi connectivity index (χ4v) is 5.60. The Morgan fingerprint density at radius 2 is 1.74 bits per heavy atom. The van der Waals surface area contributed by atoms with Crippen molar-refractivity contribution in [3.8, 4) is 0 Å². The number of carbonyl (C=O) groups is 2. The fraction of sp³-hybridized carbons (Fsp3) is 0.324. The number of anilines is 1. The molecule has 246 valence electrons. The topological polar surface area (TPSA) is 122 Å². The normalized spacial score (nSPS) is 18.3. The number of pyridine rings is 1. The van der Waals surface area contributed by atoms with Gasteiger partial charge >= 0.3 is 12.0 Å². The molecule has 2 heterocycles. The minimum absolute atomic E-state index is 0.0266. The molecule has 5 rings (SSSR count). The van der Waals surface area contributed by atoms with E-state index in [9.17, 15) is 14.7 Å². The Hall–Kier alpha value is -4.61. The summed E-state index contributed by atoms with van der Waals surface area (Å²) in [5.74, 6) is -0.532. The Labute approximate surface area is 275 Å². The number of nitrogens with zero attached hydrogens (tertiary/aromatic N) is 2. The van der Waals surface area contributed by atoms with Crippen molar-refractivity contribution in [3.05, 3.63) is 131 Å². The van der Waals surface area contributed by atoms with E-state index in [0.717, 1.165) is 40.9 Å². The first-order valence-electron chi connectivity index (χ1n) is 15.8. The lowest BCUT2D eigenvalue weighted by Gasteiger charge is -2.38. The van der Waals surface area contributed by atoms with Crippen LogP contribution in [0, 0.1) is 0 Å². The number of likely N-dealkylation sites (N-methyl/N-ethyl adjacent to an activating group) is 1. The van der Waals surface area contributed by atoms with Crippen LogP contribution in [-0.2, 0) is 38.5 Å². The van der Waals surface area contributed by atoms with Crippen molar-refractivity contribution < 1.29 is 28.9 Å². The van der Waals surface area contributed by atoms with E-state index in [4.69, 9.17) is 14.2 Å². The van der Waals surface area contributed by atoms with Crippen LogP contribution < -0.4 is 10.6 Å². The van der Waals surface area contributed by atoms with E-state index in [2.05, 4.69) is 27.6 Å². The number of esters is 1. The molecule has 1 aliphatic heterocycles. The second kappa shape index (κ2) is 16.8. The molecule has 0 bridgehead atoms. The standard InChI is InChI=1S/C37H42N4O6/c1-41(20-18-30-12-6-7-19-38-30)24-32-23-34(28-16-14-27(25-42)15-17-28)47-36(46-32)29-11-8-13-31(22-29)39-37(44)40-33(35(43)45-2)21-26-9-4-3-5-10-26/h3-17,19,22,32-34,36,42H,18,20-21,23-25H2,1-2H3,(H2,39,40,44)/t32-,33-,34+,36+/m0/s1. The number of amides is 2. The zero-order valence-electron chi connectivity index (χ0n) is 26.7. The first kappa shape index (κ1) is 33.7. The van der Waals surface area contributed by atoms with Gasteiger partial charge in [-0.1, -0.05) is 72.8 Å². The van der Waals surface area contributed by atoms with Gasteiger partial charge in [-0.25, -0.2) is 9.59 Å². The Kier molecular flexibility index (Phi) is 12.1.